The van der Waals surface area contributed by atoms with Gasteiger partial charge in [-0.1, -0.05) is 32.1 Å². The van der Waals surface area contributed by atoms with Gasteiger partial charge >= 0.3 is 5.97 Å². The second-order valence-corrected chi connectivity index (χ2v) is 10.6. The fourth-order valence-electron chi connectivity index (χ4n) is 6.45. The van der Waals surface area contributed by atoms with Crippen molar-refractivity contribution in [2.45, 2.75) is 71.2 Å². The quantitative estimate of drug-likeness (QED) is 0.416. The molecule has 8 nitrogen and oxygen atoms in total. The molecule has 3 saturated heterocycles. The number of carbonyl (C=O) groups excluding carboxylic acids is 3. The molecule has 3 aliphatic rings. The van der Waals surface area contributed by atoms with E-state index >= 15 is 0 Å². The number of aliphatic hydroxyl groups excluding tert-OH is 1. The summed E-state index contributed by atoms with van der Waals surface area (Å²) in [5.41, 5.74) is 1.52. The summed E-state index contributed by atoms with van der Waals surface area (Å²) in [7, 11) is 0. The third-order valence-electron chi connectivity index (χ3n) is 8.08. The van der Waals surface area contributed by atoms with Crippen LogP contribution in [-0.2, 0) is 23.9 Å². The van der Waals surface area contributed by atoms with Gasteiger partial charge in [0, 0.05) is 12.2 Å². The number of aliphatic hydroxyl groups is 1. The largest absolute Gasteiger partial charge is 0.466 e. The molecule has 1 spiro atoms. The number of rotatable bonds is 9. The van der Waals surface area contributed by atoms with Crippen LogP contribution in [0.5, 0.6) is 0 Å². The Labute approximate surface area is 213 Å². The Morgan fingerprint density at radius 1 is 1.36 bits per heavy atom. The lowest BCUT2D eigenvalue weighted by Gasteiger charge is -2.40. The molecule has 3 aliphatic heterocycles. The van der Waals surface area contributed by atoms with Gasteiger partial charge in [0.1, 0.15) is 11.6 Å². The number of benzene rings is 1. The highest BCUT2D eigenvalue weighted by atomic mass is 16.6. The Morgan fingerprint density at radius 2 is 2.08 bits per heavy atom. The third kappa shape index (κ3) is 3.95. The Hall–Kier alpha value is -2.71. The Morgan fingerprint density at radius 3 is 2.69 bits per heavy atom. The number of anilines is 1. The fraction of sp³-hybridized carbons (Fsp3) is 0.607. The average Bonchev–Trinajstić information content (AvgIpc) is 3.47. The minimum absolute atomic E-state index is 0.115. The van der Waals surface area contributed by atoms with Gasteiger partial charge in [-0.15, -0.1) is 6.58 Å². The van der Waals surface area contributed by atoms with E-state index in [0.29, 0.717) is 12.8 Å². The van der Waals surface area contributed by atoms with Crippen LogP contribution in [0.1, 0.15) is 44.7 Å². The summed E-state index contributed by atoms with van der Waals surface area (Å²) in [4.78, 5) is 44.8. The molecular weight excluding hydrogens is 460 g/mol. The predicted octanol–water partition coefficient (Wildman–Crippen LogP) is 2.78. The number of hydrogen-bond donors (Lipinski definition) is 1. The molecule has 8 heteroatoms. The molecule has 0 aromatic heterocycles. The van der Waals surface area contributed by atoms with Crippen LogP contribution < -0.4 is 4.90 Å². The first-order chi connectivity index (χ1) is 17.1. The summed E-state index contributed by atoms with van der Waals surface area (Å²) in [6.07, 6.45) is 2.26. The number of amides is 2. The van der Waals surface area contributed by atoms with Crippen LogP contribution in [0.25, 0.3) is 0 Å². The van der Waals surface area contributed by atoms with Gasteiger partial charge in [-0.2, -0.15) is 0 Å². The smallest absolute Gasteiger partial charge is 0.312 e. The molecule has 1 aromatic rings. The maximum Gasteiger partial charge on any atom is 0.312 e. The summed E-state index contributed by atoms with van der Waals surface area (Å²) in [5.74, 6) is -2.76. The molecule has 1 N–H and O–H groups in total. The lowest BCUT2D eigenvalue weighted by atomic mass is 9.70. The summed E-state index contributed by atoms with van der Waals surface area (Å²) >= 11 is 0. The van der Waals surface area contributed by atoms with Crippen LogP contribution >= 0.6 is 0 Å². The molecule has 2 amide bonds. The number of aryl methyl sites for hydroxylation is 2. The van der Waals surface area contributed by atoms with Gasteiger partial charge in [0.25, 0.3) is 5.91 Å². The van der Waals surface area contributed by atoms with Crippen molar-refractivity contribution in [1.82, 2.24) is 4.90 Å². The van der Waals surface area contributed by atoms with Gasteiger partial charge in [-0.25, -0.2) is 0 Å². The van der Waals surface area contributed by atoms with E-state index in [1.807, 2.05) is 45.9 Å². The van der Waals surface area contributed by atoms with Crippen molar-refractivity contribution in [2.75, 3.05) is 24.7 Å². The first-order valence-electron chi connectivity index (χ1n) is 12.9. The van der Waals surface area contributed by atoms with Gasteiger partial charge in [-0.3, -0.25) is 14.4 Å². The first-order valence-corrected chi connectivity index (χ1v) is 12.9. The second kappa shape index (κ2) is 9.98. The van der Waals surface area contributed by atoms with Crippen molar-refractivity contribution in [1.29, 1.82) is 0 Å². The Kier molecular flexibility index (Phi) is 7.30. The van der Waals surface area contributed by atoms with E-state index in [1.165, 1.54) is 4.90 Å². The average molecular weight is 499 g/mol. The van der Waals surface area contributed by atoms with Crippen LogP contribution in [0.3, 0.4) is 0 Å². The maximum absolute atomic E-state index is 14.5. The van der Waals surface area contributed by atoms with Crippen molar-refractivity contribution < 1.29 is 29.0 Å². The lowest BCUT2D eigenvalue weighted by Crippen LogP contribution is -2.60. The standard InChI is InChI=1S/C28H38N2O6/c1-7-13-29(19-14-17(5)9-10-18(19)6)26(33)24-28-12-11-21(36-28)22(27(34)35-8-2)23(28)25(32)30(24)20(15-31)16(3)4/h7,9-10,14,16,20-24,31H,1,8,11-13,15H2,2-6H3/t20-,21+,22-,23-,24?,28?/m0/s1. The third-order valence-corrected chi connectivity index (χ3v) is 8.08. The van der Waals surface area contributed by atoms with Gasteiger partial charge in [0.05, 0.1) is 37.2 Å². The number of hydrogen-bond acceptors (Lipinski definition) is 6. The number of carbonyl (C=O) groups is 3. The van der Waals surface area contributed by atoms with Gasteiger partial charge in [0.2, 0.25) is 5.91 Å². The van der Waals surface area contributed by atoms with E-state index in [-0.39, 0.29) is 37.5 Å². The van der Waals surface area contributed by atoms with E-state index < -0.39 is 41.6 Å². The lowest BCUT2D eigenvalue weighted by molar-refractivity contribution is -0.155. The SMILES string of the molecule is C=CCN(C(=O)C1N([C@@H](CO)C(C)C)C(=O)[C@@H]2[C@@H](C(=O)OCC)[C@H]3CCC12O3)c1cc(C)ccc1C. The van der Waals surface area contributed by atoms with Crippen LogP contribution in [0, 0.1) is 31.6 Å². The zero-order chi connectivity index (χ0) is 26.4. The van der Waals surface area contributed by atoms with Gasteiger partial charge < -0.3 is 24.4 Å². The molecule has 0 radical (unpaired) electrons. The maximum atomic E-state index is 14.5. The number of likely N-dealkylation sites (tertiary alicyclic amines) is 1. The molecule has 6 atom stereocenters. The summed E-state index contributed by atoms with van der Waals surface area (Å²) < 4.78 is 11.8. The highest BCUT2D eigenvalue weighted by Gasteiger charge is 2.75. The molecular formula is C28H38N2O6. The minimum atomic E-state index is -1.14. The molecule has 0 saturated carbocycles. The molecule has 2 unspecified atom stereocenters. The summed E-state index contributed by atoms with van der Waals surface area (Å²) in [6, 6.07) is 4.33. The van der Waals surface area contributed by atoms with Crippen LogP contribution in [0.15, 0.2) is 30.9 Å². The molecule has 36 heavy (non-hydrogen) atoms. The van der Waals surface area contributed by atoms with Crippen molar-refractivity contribution >= 4 is 23.5 Å². The molecule has 196 valence electrons. The zero-order valence-electron chi connectivity index (χ0n) is 21.9. The second-order valence-electron chi connectivity index (χ2n) is 10.6. The van der Waals surface area contributed by atoms with Crippen molar-refractivity contribution in [3.05, 3.63) is 42.0 Å². The number of nitrogens with zero attached hydrogens (tertiary/aromatic N) is 2. The van der Waals surface area contributed by atoms with Crippen molar-refractivity contribution in [2.24, 2.45) is 17.8 Å². The monoisotopic (exact) mass is 498 g/mol. The van der Waals surface area contributed by atoms with E-state index in [9.17, 15) is 19.5 Å². The number of fused-ring (bicyclic) bond motifs is 1. The molecule has 3 heterocycles. The number of ether oxygens (including phenoxy) is 2. The normalized spacial score (nSPS) is 29.4. The summed E-state index contributed by atoms with van der Waals surface area (Å²) in [5, 5.41) is 10.3. The highest BCUT2D eigenvalue weighted by molar-refractivity contribution is 6.05. The van der Waals surface area contributed by atoms with Crippen LogP contribution in [-0.4, -0.2) is 71.3 Å². The van der Waals surface area contributed by atoms with Crippen molar-refractivity contribution in [3.63, 3.8) is 0 Å². The van der Waals surface area contributed by atoms with E-state index in [1.54, 1.807) is 17.9 Å². The predicted molar refractivity (Wildman–Crippen MR) is 135 cm³/mol. The highest BCUT2D eigenvalue weighted by Crippen LogP contribution is 2.59. The molecule has 1 aromatic carbocycles. The molecule has 0 aliphatic carbocycles. The Balaban J connectivity index is 1.85. The number of esters is 1. The Bertz CT molecular complexity index is 1050. The van der Waals surface area contributed by atoms with Gasteiger partial charge in [0.15, 0.2) is 0 Å². The minimum Gasteiger partial charge on any atom is -0.466 e. The van der Waals surface area contributed by atoms with Crippen LogP contribution in [0.2, 0.25) is 0 Å². The zero-order valence-corrected chi connectivity index (χ0v) is 21.9. The molecule has 4 rings (SSSR count). The van der Waals surface area contributed by atoms with Crippen molar-refractivity contribution in [3.8, 4) is 0 Å². The van der Waals surface area contributed by atoms with E-state index in [0.717, 1.165) is 16.8 Å². The summed E-state index contributed by atoms with van der Waals surface area (Å²) in [6.45, 7) is 13.5. The molecule has 3 fully saturated rings. The van der Waals surface area contributed by atoms with E-state index in [4.69, 9.17) is 9.47 Å². The van der Waals surface area contributed by atoms with Gasteiger partial charge in [-0.05, 0) is 56.7 Å². The molecule has 2 bridgehead atoms. The topological polar surface area (TPSA) is 96.4 Å². The fourth-order valence-corrected chi connectivity index (χ4v) is 6.45. The van der Waals surface area contributed by atoms with E-state index in [2.05, 4.69) is 6.58 Å². The van der Waals surface area contributed by atoms with Crippen LogP contribution in [0.4, 0.5) is 5.69 Å². The first kappa shape index (κ1) is 26.4.